The Morgan fingerprint density at radius 2 is 2.16 bits per heavy atom. The molecule has 6 heteroatoms. The van der Waals surface area contributed by atoms with Gasteiger partial charge in [-0.2, -0.15) is 0 Å². The van der Waals surface area contributed by atoms with Crippen molar-refractivity contribution in [2.75, 3.05) is 11.4 Å². The van der Waals surface area contributed by atoms with Crippen LogP contribution in [0.5, 0.6) is 0 Å². The van der Waals surface area contributed by atoms with Crippen LogP contribution in [0.25, 0.3) is 0 Å². The van der Waals surface area contributed by atoms with Crippen LogP contribution < -0.4 is 4.90 Å². The molecule has 1 saturated heterocycles. The minimum atomic E-state index is -0.867. The molecule has 1 unspecified atom stereocenters. The Morgan fingerprint density at radius 1 is 1.37 bits per heavy atom. The van der Waals surface area contributed by atoms with Crippen molar-refractivity contribution in [3.63, 3.8) is 0 Å². The van der Waals surface area contributed by atoms with Gasteiger partial charge in [-0.15, -0.1) is 0 Å². The highest BCUT2D eigenvalue weighted by atomic mass is 16.6. The van der Waals surface area contributed by atoms with Crippen molar-refractivity contribution >= 4 is 17.3 Å². The van der Waals surface area contributed by atoms with Gasteiger partial charge in [0.05, 0.1) is 4.92 Å². The van der Waals surface area contributed by atoms with Gasteiger partial charge < -0.3 is 10.0 Å². The van der Waals surface area contributed by atoms with Gasteiger partial charge in [-0.25, -0.2) is 4.79 Å². The van der Waals surface area contributed by atoms with Gasteiger partial charge >= 0.3 is 5.97 Å². The Kier molecular flexibility index (Phi) is 3.99. The summed E-state index contributed by atoms with van der Waals surface area (Å²) in [5.41, 5.74) is 0.606. The maximum absolute atomic E-state index is 11.3. The first kappa shape index (κ1) is 13.3. The third-order valence-electron chi connectivity index (χ3n) is 3.41. The summed E-state index contributed by atoms with van der Waals surface area (Å²) in [4.78, 5) is 23.4. The van der Waals surface area contributed by atoms with E-state index in [-0.39, 0.29) is 5.69 Å². The summed E-state index contributed by atoms with van der Waals surface area (Å²) in [6.07, 6.45) is 3.36. The van der Waals surface area contributed by atoms with Crippen LogP contribution in [-0.2, 0) is 4.79 Å². The number of nitro benzene ring substituents is 1. The van der Waals surface area contributed by atoms with Gasteiger partial charge in [-0.1, -0.05) is 18.9 Å². The van der Waals surface area contributed by atoms with Gasteiger partial charge in [0, 0.05) is 24.4 Å². The van der Waals surface area contributed by atoms with E-state index in [0.29, 0.717) is 18.7 Å². The second-order valence-electron chi connectivity index (χ2n) is 4.67. The van der Waals surface area contributed by atoms with E-state index in [2.05, 4.69) is 0 Å². The number of carboxylic acids is 1. The third-order valence-corrected chi connectivity index (χ3v) is 3.41. The summed E-state index contributed by atoms with van der Waals surface area (Å²) < 4.78 is 0. The highest BCUT2D eigenvalue weighted by molar-refractivity contribution is 5.78. The molecule has 1 aliphatic rings. The quantitative estimate of drug-likeness (QED) is 0.669. The maximum atomic E-state index is 11.3. The first-order chi connectivity index (χ1) is 9.09. The largest absolute Gasteiger partial charge is 0.480 e. The number of nitro groups is 1. The number of rotatable bonds is 3. The molecule has 1 aromatic rings. The molecule has 2 rings (SSSR count). The monoisotopic (exact) mass is 264 g/mol. The van der Waals surface area contributed by atoms with Crippen LogP contribution >= 0.6 is 0 Å². The predicted molar refractivity (Wildman–Crippen MR) is 70.3 cm³/mol. The molecule has 0 amide bonds. The molecule has 1 atom stereocenters. The van der Waals surface area contributed by atoms with Gasteiger partial charge in [-0.3, -0.25) is 10.1 Å². The Balaban J connectivity index is 2.33. The first-order valence-corrected chi connectivity index (χ1v) is 6.33. The average Bonchev–Trinajstić information content (AvgIpc) is 2.64. The lowest BCUT2D eigenvalue weighted by atomic mass is 10.1. The minimum absolute atomic E-state index is 0.00844. The fourth-order valence-electron chi connectivity index (χ4n) is 2.46. The highest BCUT2D eigenvalue weighted by Crippen LogP contribution is 2.27. The van der Waals surface area contributed by atoms with Crippen molar-refractivity contribution in [1.29, 1.82) is 0 Å². The van der Waals surface area contributed by atoms with Gasteiger partial charge in [0.15, 0.2) is 0 Å². The van der Waals surface area contributed by atoms with E-state index in [1.807, 2.05) is 0 Å². The molecule has 1 N–H and O–H groups in total. The molecular weight excluding hydrogens is 248 g/mol. The molecule has 1 aliphatic heterocycles. The molecule has 1 aromatic carbocycles. The average molecular weight is 264 g/mol. The molecule has 1 heterocycles. The molecule has 19 heavy (non-hydrogen) atoms. The normalized spacial score (nSPS) is 19.8. The second kappa shape index (κ2) is 5.69. The Bertz CT molecular complexity index is 489. The van der Waals surface area contributed by atoms with Crippen LogP contribution in [0.2, 0.25) is 0 Å². The lowest BCUT2D eigenvalue weighted by Gasteiger charge is -2.28. The van der Waals surface area contributed by atoms with Gasteiger partial charge in [-0.05, 0) is 18.9 Å². The van der Waals surface area contributed by atoms with E-state index in [0.717, 1.165) is 19.3 Å². The molecule has 0 aliphatic carbocycles. The number of nitrogens with zero attached hydrogens (tertiary/aromatic N) is 2. The van der Waals surface area contributed by atoms with Crippen LogP contribution in [0.3, 0.4) is 0 Å². The van der Waals surface area contributed by atoms with Crippen molar-refractivity contribution < 1.29 is 14.8 Å². The van der Waals surface area contributed by atoms with E-state index < -0.39 is 16.9 Å². The topological polar surface area (TPSA) is 83.7 Å². The van der Waals surface area contributed by atoms with Gasteiger partial charge in [0.25, 0.3) is 5.69 Å². The van der Waals surface area contributed by atoms with E-state index in [4.69, 9.17) is 0 Å². The smallest absolute Gasteiger partial charge is 0.326 e. The van der Waals surface area contributed by atoms with Crippen molar-refractivity contribution in [2.45, 2.75) is 31.7 Å². The minimum Gasteiger partial charge on any atom is -0.480 e. The van der Waals surface area contributed by atoms with Crippen molar-refractivity contribution in [2.24, 2.45) is 0 Å². The summed E-state index contributed by atoms with van der Waals surface area (Å²) >= 11 is 0. The fourth-order valence-corrected chi connectivity index (χ4v) is 2.46. The summed E-state index contributed by atoms with van der Waals surface area (Å²) in [6.45, 7) is 0.623. The predicted octanol–water partition coefficient (Wildman–Crippen LogP) is 2.43. The van der Waals surface area contributed by atoms with Crippen molar-refractivity contribution in [1.82, 2.24) is 0 Å². The van der Waals surface area contributed by atoms with E-state index in [1.165, 1.54) is 12.1 Å². The van der Waals surface area contributed by atoms with Crippen molar-refractivity contribution in [3.8, 4) is 0 Å². The summed E-state index contributed by atoms with van der Waals surface area (Å²) in [6, 6.07) is 5.59. The van der Waals surface area contributed by atoms with Crippen LogP contribution in [0.15, 0.2) is 24.3 Å². The van der Waals surface area contributed by atoms with Crippen LogP contribution in [-0.4, -0.2) is 28.6 Å². The fraction of sp³-hybridized carbons (Fsp3) is 0.462. The van der Waals surface area contributed by atoms with E-state index in [9.17, 15) is 20.0 Å². The molecule has 6 nitrogen and oxygen atoms in total. The number of carbonyl (C=O) groups is 1. The number of aliphatic carboxylic acids is 1. The van der Waals surface area contributed by atoms with Gasteiger partial charge in [0.1, 0.15) is 6.04 Å². The molecule has 1 fully saturated rings. The standard InChI is InChI=1S/C13H16N2O4/c16-13(17)12-7-2-1-3-8-14(12)10-5-4-6-11(9-10)15(18)19/h4-6,9,12H,1-3,7-8H2,(H,16,17). The highest BCUT2D eigenvalue weighted by Gasteiger charge is 2.27. The number of hydrogen-bond acceptors (Lipinski definition) is 4. The second-order valence-corrected chi connectivity index (χ2v) is 4.67. The summed E-state index contributed by atoms with van der Waals surface area (Å²) in [7, 11) is 0. The number of carboxylic acid groups (broad SMARTS) is 1. The molecule has 0 bridgehead atoms. The SMILES string of the molecule is O=C(O)C1CCCCCN1c1cccc([N+](=O)[O-])c1. The summed E-state index contributed by atoms with van der Waals surface area (Å²) in [5.74, 6) is -0.867. The molecule has 0 aromatic heterocycles. The molecular formula is C13H16N2O4. The number of non-ortho nitro benzene ring substituents is 1. The number of hydrogen-bond donors (Lipinski definition) is 1. The first-order valence-electron chi connectivity index (χ1n) is 6.33. The van der Waals surface area contributed by atoms with Crippen LogP contribution in [0, 0.1) is 10.1 Å². The van der Waals surface area contributed by atoms with Crippen LogP contribution in [0.1, 0.15) is 25.7 Å². The van der Waals surface area contributed by atoms with Gasteiger partial charge in [0.2, 0.25) is 0 Å². The molecule has 0 radical (unpaired) electrons. The Morgan fingerprint density at radius 3 is 2.84 bits per heavy atom. The molecule has 0 saturated carbocycles. The third kappa shape index (κ3) is 3.01. The zero-order chi connectivity index (χ0) is 13.8. The Labute approximate surface area is 110 Å². The van der Waals surface area contributed by atoms with Crippen LogP contribution in [0.4, 0.5) is 11.4 Å². The van der Waals surface area contributed by atoms with E-state index in [1.54, 1.807) is 17.0 Å². The zero-order valence-electron chi connectivity index (χ0n) is 10.5. The lowest BCUT2D eigenvalue weighted by molar-refractivity contribution is -0.384. The lowest BCUT2D eigenvalue weighted by Crippen LogP contribution is -2.40. The zero-order valence-corrected chi connectivity index (χ0v) is 10.5. The Hall–Kier alpha value is -2.11. The number of benzene rings is 1. The maximum Gasteiger partial charge on any atom is 0.326 e. The molecule has 102 valence electrons. The number of anilines is 1. The van der Waals surface area contributed by atoms with Crippen molar-refractivity contribution in [3.05, 3.63) is 34.4 Å². The molecule has 0 spiro atoms. The van der Waals surface area contributed by atoms with E-state index >= 15 is 0 Å². The summed E-state index contributed by atoms with van der Waals surface area (Å²) in [5, 5.41) is 20.1.